The number of rotatable bonds is 9. The minimum Gasteiger partial charge on any atom is -0.481 e. The number of anilines is 1. The third-order valence-corrected chi connectivity index (χ3v) is 4.44. The van der Waals surface area contributed by atoms with Gasteiger partial charge in [0.05, 0.1) is 24.7 Å². The largest absolute Gasteiger partial charge is 0.481 e. The second kappa shape index (κ2) is 6.90. The first-order chi connectivity index (χ1) is 9.59. The highest BCUT2D eigenvalue weighted by Gasteiger charge is 2.19. The highest BCUT2D eigenvalue weighted by molar-refractivity contribution is 7.92. The lowest BCUT2D eigenvalue weighted by Gasteiger charge is -2.08. The molecule has 0 spiro atoms. The van der Waals surface area contributed by atoms with Gasteiger partial charge in [-0.3, -0.25) is 4.72 Å². The van der Waals surface area contributed by atoms with Crippen molar-refractivity contribution < 1.29 is 13.2 Å². The molecule has 2 N–H and O–H groups in total. The average Bonchev–Trinajstić information content (AvgIpc) is 3.23. The summed E-state index contributed by atoms with van der Waals surface area (Å²) in [6.07, 6.45) is 5.48. The zero-order valence-corrected chi connectivity index (χ0v) is 12.4. The topological polar surface area (TPSA) is 80.3 Å². The maximum absolute atomic E-state index is 11.9. The molecular formula is C13H21N3O3S. The van der Waals surface area contributed by atoms with E-state index < -0.39 is 10.0 Å². The Labute approximate surface area is 120 Å². The maximum Gasteiger partial charge on any atom is 0.232 e. The van der Waals surface area contributed by atoms with Crippen LogP contribution in [0.4, 0.5) is 5.69 Å². The Morgan fingerprint density at radius 3 is 2.75 bits per heavy atom. The molecule has 6 nitrogen and oxygen atoms in total. The lowest BCUT2D eigenvalue weighted by atomic mass is 10.3. The standard InChI is InChI=1S/C13H21N3O3S/c1-19-13-7-6-12(10-15-13)16-20(17,18)9-3-2-8-14-11-4-5-11/h6-7,10-11,14,16H,2-5,8-9H2,1H3. The van der Waals surface area contributed by atoms with Crippen LogP contribution in [0.3, 0.4) is 0 Å². The summed E-state index contributed by atoms with van der Waals surface area (Å²) < 4.78 is 31.2. The van der Waals surface area contributed by atoms with Crippen molar-refractivity contribution in [2.75, 3.05) is 24.1 Å². The van der Waals surface area contributed by atoms with E-state index in [0.29, 0.717) is 24.0 Å². The Hall–Kier alpha value is -1.34. The highest BCUT2D eigenvalue weighted by atomic mass is 32.2. The van der Waals surface area contributed by atoms with E-state index in [1.165, 1.54) is 26.1 Å². The summed E-state index contributed by atoms with van der Waals surface area (Å²) in [5, 5.41) is 3.37. The fourth-order valence-corrected chi connectivity index (χ4v) is 2.97. The van der Waals surface area contributed by atoms with Crippen molar-refractivity contribution in [3.63, 3.8) is 0 Å². The Morgan fingerprint density at radius 2 is 2.15 bits per heavy atom. The van der Waals surface area contributed by atoms with Gasteiger partial charge in [0.2, 0.25) is 15.9 Å². The molecule has 1 aromatic rings. The van der Waals surface area contributed by atoms with E-state index in [-0.39, 0.29) is 5.75 Å². The van der Waals surface area contributed by atoms with Crippen LogP contribution in [0.25, 0.3) is 0 Å². The van der Waals surface area contributed by atoms with Gasteiger partial charge in [-0.05, 0) is 38.3 Å². The van der Waals surface area contributed by atoms with Crippen LogP contribution >= 0.6 is 0 Å². The zero-order valence-electron chi connectivity index (χ0n) is 11.6. The number of sulfonamides is 1. The second-order valence-electron chi connectivity index (χ2n) is 4.95. The van der Waals surface area contributed by atoms with E-state index in [2.05, 4.69) is 15.0 Å². The van der Waals surface area contributed by atoms with Gasteiger partial charge in [-0.25, -0.2) is 13.4 Å². The number of nitrogens with zero attached hydrogens (tertiary/aromatic N) is 1. The zero-order chi connectivity index (χ0) is 14.4. The highest BCUT2D eigenvalue weighted by Crippen LogP contribution is 2.18. The first kappa shape index (κ1) is 15.1. The molecule has 112 valence electrons. The van der Waals surface area contributed by atoms with Crippen molar-refractivity contribution in [2.24, 2.45) is 0 Å². The van der Waals surface area contributed by atoms with Crippen LogP contribution in [0.15, 0.2) is 18.3 Å². The molecule has 0 aliphatic heterocycles. The summed E-state index contributed by atoms with van der Waals surface area (Å²) >= 11 is 0. The molecule has 1 aliphatic carbocycles. The van der Waals surface area contributed by atoms with Gasteiger partial charge in [-0.1, -0.05) is 0 Å². The summed E-state index contributed by atoms with van der Waals surface area (Å²) in [4.78, 5) is 3.96. The SMILES string of the molecule is COc1ccc(NS(=O)(=O)CCCCNC2CC2)cn1. The van der Waals surface area contributed by atoms with Crippen LogP contribution < -0.4 is 14.8 Å². The van der Waals surface area contributed by atoms with E-state index in [1.54, 1.807) is 12.1 Å². The summed E-state index contributed by atoms with van der Waals surface area (Å²) in [6, 6.07) is 3.94. The molecule has 1 fully saturated rings. The van der Waals surface area contributed by atoms with E-state index in [9.17, 15) is 8.42 Å². The molecule has 1 heterocycles. The molecule has 0 atom stereocenters. The monoisotopic (exact) mass is 299 g/mol. The Bertz CT molecular complexity index is 512. The number of ether oxygens (including phenoxy) is 1. The van der Waals surface area contributed by atoms with Crippen molar-refractivity contribution in [3.05, 3.63) is 18.3 Å². The fraction of sp³-hybridized carbons (Fsp3) is 0.615. The summed E-state index contributed by atoms with van der Waals surface area (Å²) in [5.41, 5.74) is 0.460. The Kier molecular flexibility index (Phi) is 5.19. The minimum absolute atomic E-state index is 0.130. The molecule has 0 aromatic carbocycles. The van der Waals surface area contributed by atoms with Crippen LogP contribution in [0, 0.1) is 0 Å². The molecule has 2 rings (SSSR count). The van der Waals surface area contributed by atoms with Crippen LogP contribution in [-0.2, 0) is 10.0 Å². The van der Waals surface area contributed by atoms with E-state index in [4.69, 9.17) is 4.74 Å². The molecule has 0 amide bonds. The molecule has 1 aromatic heterocycles. The van der Waals surface area contributed by atoms with Crippen molar-refractivity contribution in [3.8, 4) is 5.88 Å². The molecule has 20 heavy (non-hydrogen) atoms. The smallest absolute Gasteiger partial charge is 0.232 e. The van der Waals surface area contributed by atoms with E-state index in [0.717, 1.165) is 13.0 Å². The van der Waals surface area contributed by atoms with Gasteiger partial charge < -0.3 is 10.1 Å². The van der Waals surface area contributed by atoms with Crippen LogP contribution in [0.5, 0.6) is 5.88 Å². The van der Waals surface area contributed by atoms with Crippen molar-refractivity contribution in [2.45, 2.75) is 31.7 Å². The fourth-order valence-electron chi connectivity index (χ4n) is 1.80. The Morgan fingerprint density at radius 1 is 1.35 bits per heavy atom. The lowest BCUT2D eigenvalue weighted by molar-refractivity contribution is 0.398. The normalized spacial score (nSPS) is 15.1. The van der Waals surface area contributed by atoms with Crippen LogP contribution in [-0.4, -0.2) is 38.9 Å². The Balaban J connectivity index is 1.71. The molecular weight excluding hydrogens is 278 g/mol. The predicted molar refractivity (Wildman–Crippen MR) is 78.5 cm³/mol. The minimum atomic E-state index is -3.30. The van der Waals surface area contributed by atoms with Crippen molar-refractivity contribution >= 4 is 15.7 Å². The number of hydrogen-bond donors (Lipinski definition) is 2. The number of methoxy groups -OCH3 is 1. The first-order valence-electron chi connectivity index (χ1n) is 6.83. The van der Waals surface area contributed by atoms with Gasteiger partial charge in [0.25, 0.3) is 0 Å². The average molecular weight is 299 g/mol. The summed E-state index contributed by atoms with van der Waals surface area (Å²) in [7, 11) is -1.78. The summed E-state index contributed by atoms with van der Waals surface area (Å²) in [6.45, 7) is 0.893. The molecule has 7 heteroatoms. The first-order valence-corrected chi connectivity index (χ1v) is 8.48. The van der Waals surface area contributed by atoms with Crippen LogP contribution in [0.2, 0.25) is 0 Å². The number of hydrogen-bond acceptors (Lipinski definition) is 5. The molecule has 1 saturated carbocycles. The second-order valence-corrected chi connectivity index (χ2v) is 6.79. The molecule has 0 unspecified atom stereocenters. The third kappa shape index (κ3) is 5.34. The summed E-state index contributed by atoms with van der Waals surface area (Å²) in [5.74, 6) is 0.588. The maximum atomic E-state index is 11.9. The number of nitrogens with one attached hydrogen (secondary N) is 2. The predicted octanol–water partition coefficient (Wildman–Crippen LogP) is 1.36. The number of unbranched alkanes of at least 4 members (excludes halogenated alkanes) is 1. The number of pyridine rings is 1. The van der Waals surface area contributed by atoms with Crippen LogP contribution in [0.1, 0.15) is 25.7 Å². The van der Waals surface area contributed by atoms with Gasteiger partial charge >= 0.3 is 0 Å². The molecule has 0 bridgehead atoms. The molecule has 0 radical (unpaired) electrons. The van der Waals surface area contributed by atoms with Gasteiger partial charge in [0.1, 0.15) is 0 Å². The van der Waals surface area contributed by atoms with Crippen molar-refractivity contribution in [1.29, 1.82) is 0 Å². The van der Waals surface area contributed by atoms with Gasteiger partial charge in [-0.2, -0.15) is 0 Å². The van der Waals surface area contributed by atoms with E-state index >= 15 is 0 Å². The third-order valence-electron chi connectivity index (χ3n) is 3.07. The molecule has 1 aliphatic rings. The van der Waals surface area contributed by atoms with Gasteiger partial charge in [0.15, 0.2) is 0 Å². The van der Waals surface area contributed by atoms with Gasteiger partial charge in [-0.15, -0.1) is 0 Å². The van der Waals surface area contributed by atoms with Gasteiger partial charge in [0, 0.05) is 12.1 Å². The van der Waals surface area contributed by atoms with Crippen molar-refractivity contribution in [1.82, 2.24) is 10.3 Å². The lowest BCUT2D eigenvalue weighted by Crippen LogP contribution is -2.20. The number of aromatic nitrogens is 1. The molecule has 0 saturated heterocycles. The quantitative estimate of drug-likeness (QED) is 0.673. The van der Waals surface area contributed by atoms with E-state index in [1.807, 2.05) is 0 Å².